The van der Waals surface area contributed by atoms with Gasteiger partial charge in [-0.25, -0.2) is 4.79 Å². The summed E-state index contributed by atoms with van der Waals surface area (Å²) in [6.07, 6.45) is 2.00. The molecule has 1 saturated heterocycles. The number of ether oxygens (including phenoxy) is 2. The summed E-state index contributed by atoms with van der Waals surface area (Å²) in [6.45, 7) is 4.56. The summed E-state index contributed by atoms with van der Waals surface area (Å²) >= 11 is 0. The zero-order valence-electron chi connectivity index (χ0n) is 15.1. The lowest BCUT2D eigenvalue weighted by molar-refractivity contribution is -0.146. The van der Waals surface area contributed by atoms with Crippen molar-refractivity contribution in [3.05, 3.63) is 30.0 Å². The van der Waals surface area contributed by atoms with Crippen molar-refractivity contribution < 1.29 is 24.2 Å². The molecule has 1 N–H and O–H groups in total. The van der Waals surface area contributed by atoms with Crippen molar-refractivity contribution >= 4 is 28.5 Å². The Labute approximate surface area is 151 Å². The number of anilines is 1. The fourth-order valence-corrected chi connectivity index (χ4v) is 3.31. The fourth-order valence-electron chi connectivity index (χ4n) is 3.31. The first kappa shape index (κ1) is 18.0. The lowest BCUT2D eigenvalue weighted by Gasteiger charge is -2.25. The molecule has 7 nitrogen and oxygen atoms in total. The molecule has 2 heterocycles. The maximum Gasteiger partial charge on any atom is 0.341 e. The predicted molar refractivity (Wildman–Crippen MR) is 96.8 cm³/mol. The Morgan fingerprint density at radius 2 is 2.15 bits per heavy atom. The average molecular weight is 358 g/mol. The second kappa shape index (κ2) is 6.82. The lowest BCUT2D eigenvalue weighted by Crippen LogP contribution is -2.32. The molecule has 1 aliphatic rings. The number of methoxy groups -OCH3 is 1. The van der Waals surface area contributed by atoms with E-state index in [1.165, 1.54) is 6.20 Å². The van der Waals surface area contributed by atoms with Gasteiger partial charge in [-0.3, -0.25) is 9.78 Å². The van der Waals surface area contributed by atoms with Crippen LogP contribution in [0, 0.1) is 5.41 Å². The summed E-state index contributed by atoms with van der Waals surface area (Å²) in [6, 6.07) is 5.43. The van der Waals surface area contributed by atoms with Crippen LogP contribution in [-0.4, -0.2) is 48.8 Å². The molecule has 0 saturated carbocycles. The Morgan fingerprint density at radius 3 is 2.77 bits per heavy atom. The first-order valence-corrected chi connectivity index (χ1v) is 8.52. The van der Waals surface area contributed by atoms with Crippen LogP contribution in [0.25, 0.3) is 10.9 Å². The van der Waals surface area contributed by atoms with Crippen LogP contribution < -0.4 is 9.64 Å². The minimum Gasteiger partial charge on any atom is -0.497 e. The van der Waals surface area contributed by atoms with Crippen molar-refractivity contribution in [1.29, 1.82) is 0 Å². The van der Waals surface area contributed by atoms with E-state index in [9.17, 15) is 14.7 Å². The quantitative estimate of drug-likeness (QED) is 0.822. The highest BCUT2D eigenvalue weighted by molar-refractivity contribution is 6.06. The standard InChI is InChI=1S/C19H22N2O5/c1-4-26-17(22)14-10-20-15-6-5-12(25-3)9-13(15)16(14)21-8-7-19(2,11-21)18(23)24/h5-6,9-10H,4,7-8,11H2,1-3H3,(H,23,24). The van der Waals surface area contributed by atoms with Crippen molar-refractivity contribution in [2.75, 3.05) is 31.7 Å². The van der Waals surface area contributed by atoms with Gasteiger partial charge in [0, 0.05) is 24.7 Å². The molecule has 0 radical (unpaired) electrons. The summed E-state index contributed by atoms with van der Waals surface area (Å²) in [7, 11) is 1.57. The van der Waals surface area contributed by atoms with Gasteiger partial charge in [-0.05, 0) is 38.5 Å². The summed E-state index contributed by atoms with van der Waals surface area (Å²) < 4.78 is 10.5. The Bertz CT molecular complexity index is 866. The Morgan fingerprint density at radius 1 is 1.38 bits per heavy atom. The van der Waals surface area contributed by atoms with Gasteiger partial charge < -0.3 is 19.5 Å². The van der Waals surface area contributed by atoms with Crippen molar-refractivity contribution in [1.82, 2.24) is 4.98 Å². The van der Waals surface area contributed by atoms with Crippen LogP contribution in [-0.2, 0) is 9.53 Å². The van der Waals surface area contributed by atoms with Gasteiger partial charge in [0.2, 0.25) is 0 Å². The van der Waals surface area contributed by atoms with Crippen molar-refractivity contribution in [3.8, 4) is 5.75 Å². The molecular weight excluding hydrogens is 336 g/mol. The predicted octanol–water partition coefficient (Wildman–Crippen LogP) is 2.72. The van der Waals surface area contributed by atoms with Gasteiger partial charge in [0.05, 0.1) is 30.3 Å². The topological polar surface area (TPSA) is 89.0 Å². The van der Waals surface area contributed by atoms with Crippen LogP contribution in [0.2, 0.25) is 0 Å². The third-order valence-electron chi connectivity index (χ3n) is 4.85. The number of hydrogen-bond donors (Lipinski definition) is 1. The number of aromatic nitrogens is 1. The molecule has 1 unspecified atom stereocenters. The van der Waals surface area contributed by atoms with Crippen LogP contribution in [0.3, 0.4) is 0 Å². The SMILES string of the molecule is CCOC(=O)c1cnc2ccc(OC)cc2c1N1CCC(C)(C(=O)O)C1. The van der Waals surface area contributed by atoms with E-state index in [1.807, 2.05) is 17.0 Å². The van der Waals surface area contributed by atoms with Gasteiger partial charge in [-0.15, -0.1) is 0 Å². The Hall–Kier alpha value is -2.83. The largest absolute Gasteiger partial charge is 0.497 e. The van der Waals surface area contributed by atoms with Crippen LogP contribution >= 0.6 is 0 Å². The molecule has 1 aromatic carbocycles. The molecular formula is C19H22N2O5. The zero-order chi connectivity index (χ0) is 18.9. The number of pyridine rings is 1. The molecule has 0 amide bonds. The number of carboxylic acids is 1. The van der Waals surface area contributed by atoms with E-state index in [2.05, 4.69) is 4.98 Å². The van der Waals surface area contributed by atoms with Gasteiger partial charge in [0.15, 0.2) is 0 Å². The lowest BCUT2D eigenvalue weighted by atomic mass is 9.90. The number of carbonyl (C=O) groups excluding carboxylic acids is 1. The van der Waals surface area contributed by atoms with E-state index >= 15 is 0 Å². The minimum absolute atomic E-state index is 0.251. The Kier molecular flexibility index (Phi) is 4.71. The summed E-state index contributed by atoms with van der Waals surface area (Å²) in [4.78, 5) is 30.4. The van der Waals surface area contributed by atoms with E-state index < -0.39 is 17.4 Å². The first-order valence-electron chi connectivity index (χ1n) is 8.52. The number of rotatable bonds is 5. The monoisotopic (exact) mass is 358 g/mol. The molecule has 0 aliphatic carbocycles. The molecule has 0 spiro atoms. The normalized spacial score (nSPS) is 19.6. The van der Waals surface area contributed by atoms with E-state index in [4.69, 9.17) is 9.47 Å². The smallest absolute Gasteiger partial charge is 0.341 e. The van der Waals surface area contributed by atoms with Crippen LogP contribution in [0.15, 0.2) is 24.4 Å². The summed E-state index contributed by atoms with van der Waals surface area (Å²) in [5.41, 5.74) is 0.831. The van der Waals surface area contributed by atoms with Gasteiger partial charge in [-0.1, -0.05) is 0 Å². The maximum atomic E-state index is 12.5. The van der Waals surface area contributed by atoms with E-state index in [1.54, 1.807) is 27.0 Å². The zero-order valence-corrected chi connectivity index (χ0v) is 15.1. The van der Waals surface area contributed by atoms with Crippen molar-refractivity contribution in [2.24, 2.45) is 5.41 Å². The minimum atomic E-state index is -0.861. The molecule has 2 aromatic rings. The summed E-state index contributed by atoms with van der Waals surface area (Å²) in [5, 5.41) is 10.3. The van der Waals surface area contributed by atoms with Crippen LogP contribution in [0.5, 0.6) is 5.75 Å². The van der Waals surface area contributed by atoms with Gasteiger partial charge in [-0.2, -0.15) is 0 Å². The summed E-state index contributed by atoms with van der Waals surface area (Å²) in [5.74, 6) is -0.668. The Balaban J connectivity index is 2.17. The van der Waals surface area contributed by atoms with E-state index in [0.29, 0.717) is 42.0 Å². The number of aliphatic carboxylic acids is 1. The van der Waals surface area contributed by atoms with Crippen LogP contribution in [0.1, 0.15) is 30.6 Å². The highest BCUT2D eigenvalue weighted by atomic mass is 16.5. The highest BCUT2D eigenvalue weighted by Crippen LogP contribution is 2.39. The second-order valence-electron chi connectivity index (χ2n) is 6.66. The van der Waals surface area contributed by atoms with Crippen molar-refractivity contribution in [3.63, 3.8) is 0 Å². The molecule has 1 aromatic heterocycles. The van der Waals surface area contributed by atoms with Crippen molar-refractivity contribution in [2.45, 2.75) is 20.3 Å². The fraction of sp³-hybridized carbons (Fsp3) is 0.421. The molecule has 1 atom stereocenters. The maximum absolute atomic E-state index is 12.5. The molecule has 0 bridgehead atoms. The van der Waals surface area contributed by atoms with Gasteiger partial charge in [0.25, 0.3) is 0 Å². The number of nitrogens with zero attached hydrogens (tertiary/aromatic N) is 2. The number of hydrogen-bond acceptors (Lipinski definition) is 6. The van der Waals surface area contributed by atoms with Gasteiger partial charge in [0.1, 0.15) is 11.3 Å². The average Bonchev–Trinajstić information content (AvgIpc) is 3.03. The highest BCUT2D eigenvalue weighted by Gasteiger charge is 2.42. The third-order valence-corrected chi connectivity index (χ3v) is 4.85. The second-order valence-corrected chi connectivity index (χ2v) is 6.66. The third kappa shape index (κ3) is 3.05. The number of carbonyl (C=O) groups is 2. The molecule has 1 fully saturated rings. The number of carboxylic acid groups (broad SMARTS) is 1. The molecule has 1 aliphatic heterocycles. The van der Waals surface area contributed by atoms with E-state index in [0.717, 1.165) is 5.39 Å². The number of fused-ring (bicyclic) bond motifs is 1. The molecule has 7 heteroatoms. The molecule has 26 heavy (non-hydrogen) atoms. The number of esters is 1. The first-order chi connectivity index (χ1) is 12.4. The molecule has 3 rings (SSSR count). The number of benzene rings is 1. The van der Waals surface area contributed by atoms with Gasteiger partial charge >= 0.3 is 11.9 Å². The van der Waals surface area contributed by atoms with Crippen LogP contribution in [0.4, 0.5) is 5.69 Å². The molecule has 138 valence electrons. The van der Waals surface area contributed by atoms with E-state index in [-0.39, 0.29) is 6.61 Å².